The summed E-state index contributed by atoms with van der Waals surface area (Å²) >= 11 is 13.0. The summed E-state index contributed by atoms with van der Waals surface area (Å²) in [6, 6.07) is 6.07. The molecule has 2 aromatic rings. The van der Waals surface area contributed by atoms with Crippen LogP contribution in [0.15, 0.2) is 35.1 Å². The number of hydrogen-bond acceptors (Lipinski definition) is 4. The topological polar surface area (TPSA) is 63.2 Å². The summed E-state index contributed by atoms with van der Waals surface area (Å²) < 4.78 is 25.8. The van der Waals surface area contributed by atoms with Gasteiger partial charge in [-0.1, -0.05) is 23.2 Å². The lowest BCUT2D eigenvalue weighted by atomic mass is 10.2. The maximum Gasteiger partial charge on any atom is 0.266 e. The summed E-state index contributed by atoms with van der Waals surface area (Å²) in [6.45, 7) is 1.87. The van der Waals surface area contributed by atoms with Gasteiger partial charge in [-0.2, -0.15) is 0 Å². The minimum absolute atomic E-state index is 0.0374. The summed E-state index contributed by atoms with van der Waals surface area (Å²) in [4.78, 5) is 12.8. The molecule has 0 aliphatic rings. The van der Waals surface area contributed by atoms with Gasteiger partial charge in [0.15, 0.2) is 0 Å². The number of nitrogens with one attached hydrogen (secondary N) is 1. The smallest absolute Gasteiger partial charge is 0.266 e. The van der Waals surface area contributed by atoms with E-state index in [0.717, 1.165) is 15.8 Å². The first-order valence-corrected chi connectivity index (χ1v) is 9.21. The zero-order valence-corrected chi connectivity index (χ0v) is 14.5. The maximum atomic E-state index is 12.0. The van der Waals surface area contributed by atoms with Crippen molar-refractivity contribution in [1.29, 1.82) is 0 Å². The second kappa shape index (κ2) is 6.83. The summed E-state index contributed by atoms with van der Waals surface area (Å²) in [6.07, 6.45) is 1.44. The fraction of sp³-hybridized carbons (Fsp3) is 0.0714. The summed E-state index contributed by atoms with van der Waals surface area (Å²) in [7, 11) is -3.91. The van der Waals surface area contributed by atoms with Crippen molar-refractivity contribution in [3.8, 4) is 0 Å². The molecule has 0 fully saturated rings. The van der Waals surface area contributed by atoms with Gasteiger partial charge in [-0.25, -0.2) is 13.1 Å². The number of carbonyl (C=O) groups is 1. The van der Waals surface area contributed by atoms with Crippen molar-refractivity contribution in [3.05, 3.63) is 61.1 Å². The average molecular weight is 376 g/mol. The van der Waals surface area contributed by atoms with E-state index >= 15 is 0 Å². The van der Waals surface area contributed by atoms with E-state index < -0.39 is 15.9 Å². The van der Waals surface area contributed by atoms with E-state index in [4.69, 9.17) is 23.2 Å². The van der Waals surface area contributed by atoms with Gasteiger partial charge in [0.25, 0.3) is 15.9 Å². The second-order valence-corrected chi connectivity index (χ2v) is 7.73. The minimum atomic E-state index is -3.91. The van der Waals surface area contributed by atoms with Crippen LogP contribution in [0.2, 0.25) is 10.0 Å². The van der Waals surface area contributed by atoms with E-state index in [1.54, 1.807) is 0 Å². The Bertz CT molecular complexity index is 842. The zero-order valence-electron chi connectivity index (χ0n) is 11.3. The molecule has 2 rings (SSSR count). The van der Waals surface area contributed by atoms with Gasteiger partial charge in [0.05, 0.1) is 16.0 Å². The first-order valence-electron chi connectivity index (χ1n) is 6.03. The lowest BCUT2D eigenvalue weighted by Crippen LogP contribution is -2.29. The van der Waals surface area contributed by atoms with Crippen molar-refractivity contribution in [1.82, 2.24) is 4.72 Å². The molecule has 0 saturated carbocycles. The van der Waals surface area contributed by atoms with Crippen molar-refractivity contribution >= 4 is 56.5 Å². The number of benzene rings is 1. The molecular formula is C14H11Cl2NO3S2. The van der Waals surface area contributed by atoms with Gasteiger partial charge in [-0.05, 0) is 48.2 Å². The van der Waals surface area contributed by atoms with Crippen LogP contribution < -0.4 is 4.72 Å². The number of carbonyl (C=O) groups excluding carboxylic acids is 1. The van der Waals surface area contributed by atoms with Gasteiger partial charge >= 0.3 is 0 Å². The van der Waals surface area contributed by atoms with Gasteiger partial charge in [0.1, 0.15) is 0 Å². The maximum absolute atomic E-state index is 12.0. The molecule has 0 saturated heterocycles. The van der Waals surface area contributed by atoms with Crippen molar-refractivity contribution in [2.24, 2.45) is 0 Å². The van der Waals surface area contributed by atoms with Crippen LogP contribution in [0.3, 0.4) is 0 Å². The molecule has 1 N–H and O–H groups in total. The lowest BCUT2D eigenvalue weighted by molar-refractivity contribution is 0.0982. The largest absolute Gasteiger partial charge is 0.268 e. The molecule has 1 aromatic carbocycles. The number of halogens is 2. The van der Waals surface area contributed by atoms with Crippen molar-refractivity contribution in [2.75, 3.05) is 0 Å². The zero-order chi connectivity index (χ0) is 16.3. The Hall–Kier alpha value is -1.34. The molecule has 0 bridgehead atoms. The van der Waals surface area contributed by atoms with Crippen LogP contribution in [-0.2, 0) is 10.0 Å². The Morgan fingerprint density at radius 1 is 1.27 bits per heavy atom. The SMILES string of the molecule is Cc1ccsc1/C=C/S(=O)(=O)NC(=O)c1ccc(Cl)cc1Cl. The van der Waals surface area contributed by atoms with Gasteiger partial charge in [0.2, 0.25) is 0 Å². The number of rotatable bonds is 4. The molecular weight excluding hydrogens is 365 g/mol. The Labute approximate surface area is 142 Å². The first kappa shape index (κ1) is 17.0. The van der Waals surface area contributed by atoms with Crippen LogP contribution in [0, 0.1) is 6.92 Å². The fourth-order valence-corrected chi connectivity index (χ4v) is 3.75. The second-order valence-electron chi connectivity index (χ2n) is 4.37. The van der Waals surface area contributed by atoms with Gasteiger partial charge in [-0.3, -0.25) is 4.79 Å². The van der Waals surface area contributed by atoms with Crippen LogP contribution >= 0.6 is 34.5 Å². The quantitative estimate of drug-likeness (QED) is 0.874. The lowest BCUT2D eigenvalue weighted by Gasteiger charge is -2.05. The molecule has 0 spiro atoms. The number of amides is 1. The third kappa shape index (κ3) is 4.33. The number of hydrogen-bond donors (Lipinski definition) is 1. The van der Waals surface area contributed by atoms with Gasteiger partial charge < -0.3 is 0 Å². The molecule has 1 amide bonds. The highest BCUT2D eigenvalue weighted by atomic mass is 35.5. The molecule has 116 valence electrons. The van der Waals surface area contributed by atoms with Crippen LogP contribution in [-0.4, -0.2) is 14.3 Å². The van der Waals surface area contributed by atoms with E-state index in [-0.39, 0.29) is 10.6 Å². The average Bonchev–Trinajstić information content (AvgIpc) is 2.81. The number of thiophene rings is 1. The van der Waals surface area contributed by atoms with E-state index in [1.165, 1.54) is 35.6 Å². The monoisotopic (exact) mass is 375 g/mol. The molecule has 1 heterocycles. The summed E-state index contributed by atoms with van der Waals surface area (Å²) in [5.41, 5.74) is 0.999. The predicted molar refractivity (Wildman–Crippen MR) is 90.9 cm³/mol. The number of sulfonamides is 1. The van der Waals surface area contributed by atoms with Crippen LogP contribution in [0.1, 0.15) is 20.8 Å². The Kier molecular flexibility index (Phi) is 5.28. The normalized spacial score (nSPS) is 11.8. The highest BCUT2D eigenvalue weighted by molar-refractivity contribution is 7.93. The van der Waals surface area contributed by atoms with Crippen LogP contribution in [0.25, 0.3) is 6.08 Å². The molecule has 0 atom stereocenters. The molecule has 8 heteroatoms. The third-order valence-corrected chi connectivity index (χ3v) is 5.21. The van der Waals surface area contributed by atoms with Gasteiger partial charge in [0, 0.05) is 9.90 Å². The Balaban J connectivity index is 2.16. The van der Waals surface area contributed by atoms with Crippen molar-refractivity contribution < 1.29 is 13.2 Å². The molecule has 0 radical (unpaired) electrons. The van der Waals surface area contributed by atoms with E-state index in [9.17, 15) is 13.2 Å². The highest BCUT2D eigenvalue weighted by Crippen LogP contribution is 2.21. The third-order valence-electron chi connectivity index (χ3n) is 2.71. The first-order chi connectivity index (χ1) is 10.3. The predicted octanol–water partition coefficient (Wildman–Crippen LogP) is 4.09. The van der Waals surface area contributed by atoms with Crippen LogP contribution in [0.4, 0.5) is 0 Å². The standard InChI is InChI=1S/C14H11Cl2NO3S2/c1-9-4-6-21-13(9)5-7-22(19,20)17-14(18)11-3-2-10(15)8-12(11)16/h2-8H,1H3,(H,17,18)/b7-5+. The van der Waals surface area contributed by atoms with Crippen molar-refractivity contribution in [2.45, 2.75) is 6.92 Å². The summed E-state index contributed by atoms with van der Waals surface area (Å²) in [5.74, 6) is -0.811. The van der Waals surface area contributed by atoms with Gasteiger partial charge in [-0.15, -0.1) is 11.3 Å². The fourth-order valence-electron chi connectivity index (χ4n) is 1.60. The molecule has 0 unspecified atom stereocenters. The molecule has 22 heavy (non-hydrogen) atoms. The molecule has 0 aliphatic heterocycles. The van der Waals surface area contributed by atoms with E-state index in [1.807, 2.05) is 23.1 Å². The Morgan fingerprint density at radius 2 is 2.00 bits per heavy atom. The Morgan fingerprint density at radius 3 is 2.59 bits per heavy atom. The van der Waals surface area contributed by atoms with E-state index in [0.29, 0.717) is 5.02 Å². The van der Waals surface area contributed by atoms with E-state index in [2.05, 4.69) is 0 Å². The molecule has 4 nitrogen and oxygen atoms in total. The van der Waals surface area contributed by atoms with Crippen LogP contribution in [0.5, 0.6) is 0 Å². The summed E-state index contributed by atoms with van der Waals surface area (Å²) in [5, 5.41) is 3.25. The number of aryl methyl sites for hydroxylation is 1. The molecule has 1 aromatic heterocycles. The highest BCUT2D eigenvalue weighted by Gasteiger charge is 2.16. The molecule has 0 aliphatic carbocycles. The van der Waals surface area contributed by atoms with Crippen molar-refractivity contribution in [3.63, 3.8) is 0 Å². The minimum Gasteiger partial charge on any atom is -0.268 e.